The molecule has 2 aromatic carbocycles. The molecule has 2 heterocycles. The third-order valence-corrected chi connectivity index (χ3v) is 5.47. The number of carbonyl (C=O) groups excluding carboxylic acids is 1. The Kier molecular flexibility index (Phi) is 5.13. The number of aryl methyl sites for hydroxylation is 1. The van der Waals surface area contributed by atoms with Crippen molar-refractivity contribution in [3.8, 4) is 21.8 Å². The number of hydrogen-bond donors (Lipinski definition) is 1. The maximum Gasteiger partial charge on any atom is 0.263 e. The van der Waals surface area contributed by atoms with Gasteiger partial charge in [0.15, 0.2) is 0 Å². The highest BCUT2D eigenvalue weighted by Crippen LogP contribution is 2.37. The predicted octanol–water partition coefficient (Wildman–Crippen LogP) is 5.73. The largest absolute Gasteiger partial charge is 0.360 e. The molecule has 0 saturated heterocycles. The molecule has 28 heavy (non-hydrogen) atoms. The number of carbonyl (C=O) groups is 1. The summed E-state index contributed by atoms with van der Waals surface area (Å²) < 4.78 is 5.23. The molecule has 0 atom stereocenters. The van der Waals surface area contributed by atoms with Gasteiger partial charge in [-0.1, -0.05) is 76.1 Å². The molecule has 1 N–H and O–H groups in total. The van der Waals surface area contributed by atoms with Crippen molar-refractivity contribution in [2.24, 2.45) is 0 Å². The van der Waals surface area contributed by atoms with Crippen LogP contribution in [0.1, 0.15) is 16.1 Å². The second-order valence-electron chi connectivity index (χ2n) is 5.79. The van der Waals surface area contributed by atoms with Crippen LogP contribution in [0.25, 0.3) is 21.8 Å². The molecule has 1 amide bonds. The van der Waals surface area contributed by atoms with Crippen molar-refractivity contribution in [3.63, 3.8) is 0 Å². The van der Waals surface area contributed by atoms with Crippen LogP contribution in [0, 0.1) is 6.92 Å². The van der Waals surface area contributed by atoms with E-state index in [4.69, 9.17) is 27.7 Å². The van der Waals surface area contributed by atoms with Crippen LogP contribution in [-0.4, -0.2) is 21.3 Å². The van der Waals surface area contributed by atoms with E-state index in [-0.39, 0.29) is 11.3 Å². The Morgan fingerprint density at radius 3 is 2.46 bits per heavy atom. The molecule has 0 spiro atoms. The fourth-order valence-electron chi connectivity index (χ4n) is 2.66. The predicted molar refractivity (Wildman–Crippen MR) is 110 cm³/mol. The number of aromatic nitrogens is 3. The third kappa shape index (κ3) is 3.52. The van der Waals surface area contributed by atoms with Crippen LogP contribution in [0.5, 0.6) is 0 Å². The van der Waals surface area contributed by atoms with Gasteiger partial charge < -0.3 is 4.52 Å². The first-order valence-electron chi connectivity index (χ1n) is 8.15. The standard InChI is InChI=1S/C19H12Cl2N4O2S/c1-10-14(16(25-27-10)15-12(20)8-5-9-13(15)21)17(26)22-19-24-23-18(28-19)11-6-3-2-4-7-11/h2-9H,1H3,(H,22,24,26). The minimum Gasteiger partial charge on any atom is -0.360 e. The van der Waals surface area contributed by atoms with E-state index in [1.165, 1.54) is 11.3 Å². The van der Waals surface area contributed by atoms with Crippen LogP contribution < -0.4 is 5.32 Å². The molecule has 0 aliphatic carbocycles. The smallest absolute Gasteiger partial charge is 0.263 e. The van der Waals surface area contributed by atoms with Crippen molar-refractivity contribution in [3.05, 3.63) is 69.9 Å². The minimum atomic E-state index is -0.430. The van der Waals surface area contributed by atoms with Crippen LogP contribution in [0.2, 0.25) is 10.0 Å². The lowest BCUT2D eigenvalue weighted by atomic mass is 10.1. The Morgan fingerprint density at radius 2 is 1.75 bits per heavy atom. The summed E-state index contributed by atoms with van der Waals surface area (Å²) >= 11 is 13.8. The molecule has 4 aromatic rings. The van der Waals surface area contributed by atoms with Gasteiger partial charge in [0.05, 0.1) is 10.0 Å². The lowest BCUT2D eigenvalue weighted by Gasteiger charge is -2.06. The summed E-state index contributed by atoms with van der Waals surface area (Å²) in [6.07, 6.45) is 0. The number of halogens is 2. The number of hydrogen-bond acceptors (Lipinski definition) is 6. The summed E-state index contributed by atoms with van der Waals surface area (Å²) in [6.45, 7) is 1.64. The highest BCUT2D eigenvalue weighted by molar-refractivity contribution is 7.18. The lowest BCUT2D eigenvalue weighted by Crippen LogP contribution is -2.13. The summed E-state index contributed by atoms with van der Waals surface area (Å²) in [5, 5.41) is 16.7. The quantitative estimate of drug-likeness (QED) is 0.447. The molecule has 0 bridgehead atoms. The van der Waals surface area contributed by atoms with E-state index in [1.807, 2.05) is 30.3 Å². The van der Waals surface area contributed by atoms with Gasteiger partial charge in [-0.3, -0.25) is 10.1 Å². The number of rotatable bonds is 4. The summed E-state index contributed by atoms with van der Waals surface area (Å²) in [6, 6.07) is 14.7. The van der Waals surface area contributed by atoms with E-state index in [9.17, 15) is 4.79 Å². The second-order valence-corrected chi connectivity index (χ2v) is 7.58. The van der Waals surface area contributed by atoms with E-state index in [0.717, 1.165) is 5.56 Å². The van der Waals surface area contributed by atoms with E-state index in [0.29, 0.717) is 31.5 Å². The van der Waals surface area contributed by atoms with Gasteiger partial charge in [0.2, 0.25) is 5.13 Å². The van der Waals surface area contributed by atoms with Crippen molar-refractivity contribution in [2.75, 3.05) is 5.32 Å². The third-order valence-electron chi connectivity index (χ3n) is 3.96. The first-order chi connectivity index (χ1) is 13.5. The zero-order chi connectivity index (χ0) is 19.7. The van der Waals surface area contributed by atoms with Gasteiger partial charge in [-0.2, -0.15) is 0 Å². The molecule has 0 aliphatic rings. The van der Waals surface area contributed by atoms with E-state index in [2.05, 4.69) is 20.7 Å². The number of nitrogens with one attached hydrogen (secondary N) is 1. The van der Waals surface area contributed by atoms with E-state index in [1.54, 1.807) is 25.1 Å². The highest BCUT2D eigenvalue weighted by Gasteiger charge is 2.25. The topological polar surface area (TPSA) is 80.9 Å². The fraction of sp³-hybridized carbons (Fsp3) is 0.0526. The number of benzene rings is 2. The molecular formula is C19H12Cl2N4O2S. The first-order valence-corrected chi connectivity index (χ1v) is 9.72. The van der Waals surface area contributed by atoms with Gasteiger partial charge in [-0.25, -0.2) is 0 Å². The van der Waals surface area contributed by atoms with Crippen LogP contribution in [0.4, 0.5) is 5.13 Å². The maximum absolute atomic E-state index is 12.9. The normalized spacial score (nSPS) is 10.8. The van der Waals surface area contributed by atoms with Crippen molar-refractivity contribution in [1.29, 1.82) is 0 Å². The van der Waals surface area contributed by atoms with Gasteiger partial charge in [0.25, 0.3) is 5.91 Å². The molecule has 6 nitrogen and oxygen atoms in total. The van der Waals surface area contributed by atoms with E-state index >= 15 is 0 Å². The van der Waals surface area contributed by atoms with Crippen molar-refractivity contribution >= 4 is 45.6 Å². The van der Waals surface area contributed by atoms with Gasteiger partial charge in [-0.15, -0.1) is 10.2 Å². The molecule has 0 aliphatic heterocycles. The van der Waals surface area contributed by atoms with Crippen LogP contribution in [0.3, 0.4) is 0 Å². The monoisotopic (exact) mass is 430 g/mol. The van der Waals surface area contributed by atoms with Gasteiger partial charge >= 0.3 is 0 Å². The zero-order valence-corrected chi connectivity index (χ0v) is 16.8. The first kappa shape index (κ1) is 18.6. The molecule has 0 saturated carbocycles. The average molecular weight is 431 g/mol. The minimum absolute atomic E-state index is 0.242. The van der Waals surface area contributed by atoms with Crippen molar-refractivity contribution in [2.45, 2.75) is 6.92 Å². The molecule has 9 heteroatoms. The van der Waals surface area contributed by atoms with Gasteiger partial charge in [0.1, 0.15) is 22.0 Å². The van der Waals surface area contributed by atoms with E-state index < -0.39 is 5.91 Å². The number of anilines is 1. The number of nitrogens with zero attached hydrogens (tertiary/aromatic N) is 3. The average Bonchev–Trinajstić information content (AvgIpc) is 3.29. The Balaban J connectivity index is 1.65. The molecule has 4 rings (SSSR count). The number of amides is 1. The molecule has 0 unspecified atom stereocenters. The van der Waals surface area contributed by atoms with Crippen LogP contribution >= 0.6 is 34.5 Å². The van der Waals surface area contributed by atoms with Crippen LogP contribution in [-0.2, 0) is 0 Å². The summed E-state index contributed by atoms with van der Waals surface area (Å²) in [7, 11) is 0. The molecule has 140 valence electrons. The van der Waals surface area contributed by atoms with Gasteiger partial charge in [-0.05, 0) is 19.1 Å². The van der Waals surface area contributed by atoms with Crippen LogP contribution in [0.15, 0.2) is 53.1 Å². The SMILES string of the molecule is Cc1onc(-c2c(Cl)cccc2Cl)c1C(=O)Nc1nnc(-c2ccccc2)s1. The Morgan fingerprint density at radius 1 is 1.04 bits per heavy atom. The Hall–Kier alpha value is -2.74. The summed E-state index contributed by atoms with van der Waals surface area (Å²) in [5.41, 5.74) is 1.88. The highest BCUT2D eigenvalue weighted by atomic mass is 35.5. The van der Waals surface area contributed by atoms with Crippen molar-refractivity contribution < 1.29 is 9.32 Å². The summed E-state index contributed by atoms with van der Waals surface area (Å²) in [5.74, 6) is -0.0863. The Bertz CT molecular complexity index is 1140. The molecule has 0 radical (unpaired) electrons. The lowest BCUT2D eigenvalue weighted by molar-refractivity contribution is 0.102. The zero-order valence-electron chi connectivity index (χ0n) is 14.4. The van der Waals surface area contributed by atoms with Crippen molar-refractivity contribution in [1.82, 2.24) is 15.4 Å². The Labute approximate surface area is 174 Å². The van der Waals surface area contributed by atoms with Gasteiger partial charge in [0, 0.05) is 11.1 Å². The molecular weight excluding hydrogens is 419 g/mol. The fourth-order valence-corrected chi connectivity index (χ4v) is 3.99. The maximum atomic E-state index is 12.9. The second kappa shape index (κ2) is 7.71. The molecule has 0 fully saturated rings. The summed E-state index contributed by atoms with van der Waals surface area (Å²) in [4.78, 5) is 12.9. The molecule has 2 aromatic heterocycles.